The Bertz CT molecular complexity index is 710. The maximum Gasteiger partial charge on any atom is 0.360 e. The number of carboxylic acids is 1. The van der Waals surface area contributed by atoms with E-state index in [9.17, 15) is 9.90 Å². The molecule has 2 heterocycles. The van der Waals surface area contributed by atoms with Crippen molar-refractivity contribution in [3.8, 4) is 5.69 Å². The molecule has 1 fully saturated rings. The Kier molecular flexibility index (Phi) is 4.07. The van der Waals surface area contributed by atoms with Gasteiger partial charge in [0, 0.05) is 13.1 Å². The zero-order valence-electron chi connectivity index (χ0n) is 13.8. The van der Waals surface area contributed by atoms with Gasteiger partial charge in [-0.2, -0.15) is 0 Å². The van der Waals surface area contributed by atoms with Gasteiger partial charge in [-0.05, 0) is 55.9 Å². The zero-order chi connectivity index (χ0) is 16.6. The first-order valence-corrected chi connectivity index (χ1v) is 7.98. The lowest BCUT2D eigenvalue weighted by Gasteiger charge is -2.30. The number of aryl methyl sites for hydroxylation is 2. The highest BCUT2D eigenvalue weighted by Gasteiger charge is 2.26. The molecule has 0 radical (unpaired) electrons. The van der Waals surface area contributed by atoms with Crippen LogP contribution >= 0.6 is 0 Å². The monoisotopic (exact) mass is 314 g/mol. The molecular formula is C17H22N4O2. The lowest BCUT2D eigenvalue weighted by atomic mass is 9.99. The Morgan fingerprint density at radius 2 is 1.74 bits per heavy atom. The van der Waals surface area contributed by atoms with Crippen LogP contribution in [-0.2, 0) is 0 Å². The molecule has 0 spiro atoms. The van der Waals surface area contributed by atoms with E-state index in [1.54, 1.807) is 0 Å². The summed E-state index contributed by atoms with van der Waals surface area (Å²) >= 11 is 0. The number of nitrogens with zero attached hydrogens (tertiary/aromatic N) is 4. The molecule has 122 valence electrons. The minimum atomic E-state index is -1.03. The Morgan fingerprint density at radius 3 is 2.30 bits per heavy atom. The summed E-state index contributed by atoms with van der Waals surface area (Å²) in [5.41, 5.74) is 3.02. The fourth-order valence-corrected chi connectivity index (χ4v) is 3.05. The van der Waals surface area contributed by atoms with Gasteiger partial charge in [-0.15, -0.1) is 15.0 Å². The van der Waals surface area contributed by atoms with E-state index in [2.05, 4.69) is 23.2 Å². The molecule has 6 heteroatoms. The molecule has 0 bridgehead atoms. The number of aromatic carboxylic acids is 1. The van der Waals surface area contributed by atoms with E-state index in [1.165, 1.54) is 4.80 Å². The Balaban J connectivity index is 2.00. The summed E-state index contributed by atoms with van der Waals surface area (Å²) in [4.78, 5) is 15.0. The summed E-state index contributed by atoms with van der Waals surface area (Å²) in [6, 6.07) is 5.99. The SMILES string of the molecule is Cc1cc(C)cc(-n2nc(C(=O)O)c(N3CCC(C)CC3)n2)c1. The zero-order valence-corrected chi connectivity index (χ0v) is 13.8. The van der Waals surface area contributed by atoms with Crippen molar-refractivity contribution in [1.82, 2.24) is 15.0 Å². The highest BCUT2D eigenvalue weighted by atomic mass is 16.4. The summed E-state index contributed by atoms with van der Waals surface area (Å²) in [6.45, 7) is 7.89. The minimum Gasteiger partial charge on any atom is -0.476 e. The second kappa shape index (κ2) is 6.02. The summed E-state index contributed by atoms with van der Waals surface area (Å²) < 4.78 is 0. The predicted octanol–water partition coefficient (Wildman–Crippen LogP) is 2.82. The Labute approximate surface area is 135 Å². The third-order valence-corrected chi connectivity index (χ3v) is 4.32. The molecule has 3 rings (SSSR count). The second-order valence-corrected chi connectivity index (χ2v) is 6.48. The van der Waals surface area contributed by atoms with Gasteiger partial charge in [-0.1, -0.05) is 13.0 Å². The highest BCUT2D eigenvalue weighted by Crippen LogP contribution is 2.25. The second-order valence-electron chi connectivity index (χ2n) is 6.48. The van der Waals surface area contributed by atoms with E-state index < -0.39 is 5.97 Å². The molecule has 0 unspecified atom stereocenters. The molecule has 1 aliphatic rings. The number of hydrogen-bond acceptors (Lipinski definition) is 4. The maximum absolute atomic E-state index is 11.6. The van der Waals surface area contributed by atoms with Gasteiger partial charge < -0.3 is 10.0 Å². The molecule has 2 aromatic rings. The molecule has 1 N–H and O–H groups in total. The van der Waals surface area contributed by atoms with E-state index in [4.69, 9.17) is 0 Å². The van der Waals surface area contributed by atoms with Crippen LogP contribution in [0.5, 0.6) is 0 Å². The normalized spacial score (nSPS) is 15.9. The summed E-state index contributed by atoms with van der Waals surface area (Å²) in [7, 11) is 0. The predicted molar refractivity (Wildman–Crippen MR) is 88.4 cm³/mol. The van der Waals surface area contributed by atoms with Crippen molar-refractivity contribution in [2.45, 2.75) is 33.6 Å². The van der Waals surface area contributed by atoms with Crippen LogP contribution in [-0.4, -0.2) is 39.2 Å². The topological polar surface area (TPSA) is 71.2 Å². The third kappa shape index (κ3) is 3.21. The lowest BCUT2D eigenvalue weighted by molar-refractivity contribution is 0.0690. The van der Waals surface area contributed by atoms with Crippen molar-refractivity contribution in [3.05, 3.63) is 35.0 Å². The van der Waals surface area contributed by atoms with Crippen molar-refractivity contribution in [3.63, 3.8) is 0 Å². The van der Waals surface area contributed by atoms with Crippen LogP contribution in [0.1, 0.15) is 41.4 Å². The molecule has 0 atom stereocenters. The molecule has 1 aliphatic heterocycles. The largest absolute Gasteiger partial charge is 0.476 e. The van der Waals surface area contributed by atoms with Gasteiger partial charge in [0.05, 0.1) is 5.69 Å². The molecule has 1 saturated heterocycles. The van der Waals surface area contributed by atoms with E-state index >= 15 is 0 Å². The van der Waals surface area contributed by atoms with Gasteiger partial charge in [-0.25, -0.2) is 4.79 Å². The van der Waals surface area contributed by atoms with Crippen LogP contribution in [0.15, 0.2) is 18.2 Å². The average molecular weight is 314 g/mol. The molecular weight excluding hydrogens is 292 g/mol. The Morgan fingerprint density at radius 1 is 1.13 bits per heavy atom. The first-order chi connectivity index (χ1) is 10.9. The van der Waals surface area contributed by atoms with Crippen molar-refractivity contribution in [2.75, 3.05) is 18.0 Å². The summed E-state index contributed by atoms with van der Waals surface area (Å²) in [5.74, 6) is 0.117. The smallest absolute Gasteiger partial charge is 0.360 e. The molecule has 1 aromatic carbocycles. The summed E-state index contributed by atoms with van der Waals surface area (Å²) in [5, 5.41) is 18.2. The van der Waals surface area contributed by atoms with E-state index in [0.29, 0.717) is 11.7 Å². The van der Waals surface area contributed by atoms with Crippen molar-refractivity contribution >= 4 is 11.8 Å². The van der Waals surface area contributed by atoms with E-state index in [-0.39, 0.29) is 5.69 Å². The van der Waals surface area contributed by atoms with Crippen LogP contribution in [0.25, 0.3) is 5.69 Å². The molecule has 1 aromatic heterocycles. The van der Waals surface area contributed by atoms with Crippen molar-refractivity contribution in [1.29, 1.82) is 0 Å². The number of benzene rings is 1. The quantitative estimate of drug-likeness (QED) is 0.943. The van der Waals surface area contributed by atoms with Gasteiger partial charge in [0.2, 0.25) is 5.69 Å². The maximum atomic E-state index is 11.6. The van der Waals surface area contributed by atoms with Gasteiger partial charge in [0.1, 0.15) is 0 Å². The molecule has 0 amide bonds. The minimum absolute atomic E-state index is 0.0266. The fraction of sp³-hybridized carbons (Fsp3) is 0.471. The Hall–Kier alpha value is -2.37. The average Bonchev–Trinajstić information content (AvgIpc) is 2.92. The first kappa shape index (κ1) is 15.5. The van der Waals surface area contributed by atoms with Crippen LogP contribution in [0.4, 0.5) is 5.82 Å². The number of aromatic nitrogens is 3. The number of carbonyl (C=O) groups is 1. The van der Waals surface area contributed by atoms with E-state index in [1.807, 2.05) is 30.9 Å². The standard InChI is InChI=1S/C17H22N4O2/c1-11-4-6-20(7-5-11)16-15(17(22)23)18-21(19-16)14-9-12(2)8-13(3)10-14/h8-11H,4-7H2,1-3H3,(H,22,23). The van der Waals surface area contributed by atoms with Crippen LogP contribution in [0.2, 0.25) is 0 Å². The molecule has 23 heavy (non-hydrogen) atoms. The number of rotatable bonds is 3. The number of hydrogen-bond donors (Lipinski definition) is 1. The highest BCUT2D eigenvalue weighted by molar-refractivity contribution is 5.91. The van der Waals surface area contributed by atoms with E-state index in [0.717, 1.165) is 42.7 Å². The van der Waals surface area contributed by atoms with Crippen LogP contribution < -0.4 is 4.90 Å². The number of carboxylic acid groups (broad SMARTS) is 1. The number of piperidine rings is 1. The van der Waals surface area contributed by atoms with Gasteiger partial charge in [0.15, 0.2) is 5.82 Å². The first-order valence-electron chi connectivity index (χ1n) is 7.98. The van der Waals surface area contributed by atoms with Crippen molar-refractivity contribution in [2.24, 2.45) is 5.92 Å². The van der Waals surface area contributed by atoms with Gasteiger partial charge in [-0.3, -0.25) is 0 Å². The molecule has 0 aliphatic carbocycles. The van der Waals surface area contributed by atoms with Crippen molar-refractivity contribution < 1.29 is 9.90 Å². The van der Waals surface area contributed by atoms with Crippen LogP contribution in [0.3, 0.4) is 0 Å². The van der Waals surface area contributed by atoms with Gasteiger partial charge >= 0.3 is 5.97 Å². The van der Waals surface area contributed by atoms with Gasteiger partial charge in [0.25, 0.3) is 0 Å². The molecule has 0 saturated carbocycles. The van der Waals surface area contributed by atoms with Crippen LogP contribution in [0, 0.1) is 19.8 Å². The summed E-state index contributed by atoms with van der Waals surface area (Å²) in [6.07, 6.45) is 2.10. The number of anilines is 1. The fourth-order valence-electron chi connectivity index (χ4n) is 3.05. The third-order valence-electron chi connectivity index (χ3n) is 4.32. The molecule has 6 nitrogen and oxygen atoms in total. The lowest BCUT2D eigenvalue weighted by Crippen LogP contribution is -2.34.